The first-order chi connectivity index (χ1) is 10.1. The highest BCUT2D eigenvalue weighted by Crippen LogP contribution is 2.13. The molecule has 1 aromatic carbocycles. The second-order valence-electron chi connectivity index (χ2n) is 4.89. The van der Waals surface area contributed by atoms with Crippen LogP contribution in [0.5, 0.6) is 0 Å². The summed E-state index contributed by atoms with van der Waals surface area (Å²) in [6.07, 6.45) is 1.55. The molecule has 2 rings (SSSR count). The summed E-state index contributed by atoms with van der Waals surface area (Å²) < 4.78 is 4.41. The summed E-state index contributed by atoms with van der Waals surface area (Å²) in [5.74, 6) is 0.253. The van der Waals surface area contributed by atoms with Crippen molar-refractivity contribution in [3.63, 3.8) is 0 Å². The predicted molar refractivity (Wildman–Crippen MR) is 78.7 cm³/mol. The molecule has 0 aliphatic carbocycles. The molecule has 0 unspecified atom stereocenters. The Kier molecular flexibility index (Phi) is 4.65. The summed E-state index contributed by atoms with van der Waals surface area (Å²) in [5, 5.41) is 10.8. The number of carbonyl (C=O) groups excluding carboxylic acids is 1. The fourth-order valence-electron chi connectivity index (χ4n) is 1.67. The van der Waals surface area contributed by atoms with Crippen molar-refractivity contribution in [2.45, 2.75) is 26.2 Å². The molecule has 0 aliphatic heterocycles. The minimum atomic E-state index is -0.340. The molecule has 7 nitrogen and oxygen atoms in total. The van der Waals surface area contributed by atoms with E-state index in [1.807, 2.05) is 24.3 Å². The van der Waals surface area contributed by atoms with Gasteiger partial charge in [0.05, 0.1) is 12.6 Å². The van der Waals surface area contributed by atoms with Gasteiger partial charge < -0.3 is 5.73 Å². The molecule has 1 amide bonds. The number of nitrogens with two attached hydrogens (primary N) is 1. The molecule has 21 heavy (non-hydrogen) atoms. The molecular weight excluding hydrogens is 270 g/mol. The summed E-state index contributed by atoms with van der Waals surface area (Å²) in [5.41, 5.74) is 10.3. The largest absolute Gasteiger partial charge is 0.379 e. The fraction of sp³-hybridized carbons (Fsp3) is 0.286. The van der Waals surface area contributed by atoms with E-state index in [-0.39, 0.29) is 18.1 Å². The molecule has 110 valence electrons. The summed E-state index contributed by atoms with van der Waals surface area (Å²) in [6.45, 7) is 4.27. The molecule has 1 heterocycles. The Morgan fingerprint density at radius 2 is 2.10 bits per heavy atom. The maximum Gasteiger partial charge on any atom is 0.246 e. The fourth-order valence-corrected chi connectivity index (χ4v) is 1.67. The number of aromatic nitrogens is 2. The summed E-state index contributed by atoms with van der Waals surface area (Å²) in [7, 11) is 0. The zero-order valence-electron chi connectivity index (χ0n) is 11.9. The zero-order valence-corrected chi connectivity index (χ0v) is 11.9. The molecule has 0 radical (unpaired) electrons. The number of hydrogen-bond acceptors (Lipinski definition) is 6. The van der Waals surface area contributed by atoms with Gasteiger partial charge in [0.25, 0.3) is 0 Å². The van der Waals surface area contributed by atoms with Gasteiger partial charge in [-0.25, -0.2) is 10.1 Å². The Hall–Kier alpha value is -2.70. The molecule has 2 aromatic rings. The molecule has 0 saturated heterocycles. The lowest BCUT2D eigenvalue weighted by Crippen LogP contribution is -2.20. The molecule has 0 saturated carbocycles. The minimum absolute atomic E-state index is 0.0288. The highest BCUT2D eigenvalue weighted by molar-refractivity contribution is 5.83. The third kappa shape index (κ3) is 4.13. The highest BCUT2D eigenvalue weighted by Gasteiger charge is 2.10. The van der Waals surface area contributed by atoms with E-state index in [9.17, 15) is 4.79 Å². The molecule has 0 aliphatic rings. The van der Waals surface area contributed by atoms with Gasteiger partial charge >= 0.3 is 0 Å². The molecule has 0 atom stereocenters. The molecule has 3 N–H and O–H groups in total. The molecule has 7 heteroatoms. The van der Waals surface area contributed by atoms with E-state index in [0.29, 0.717) is 11.6 Å². The van der Waals surface area contributed by atoms with Gasteiger partial charge in [0.1, 0.15) is 5.69 Å². The molecule has 1 aromatic heterocycles. The lowest BCUT2D eigenvalue weighted by molar-refractivity contribution is -0.120. The standard InChI is InChI=1S/C14H17N5O2/c1-9(2)11-5-3-10(4-6-11)8-16-17-13(20)7-12-14(15)19-21-18-12/h3-6,8-9H,7H2,1-2H3,(H2,15,19)(H,17,20)/b16-8-. The van der Waals surface area contributed by atoms with Crippen LogP contribution in [0.25, 0.3) is 0 Å². The van der Waals surface area contributed by atoms with Gasteiger partial charge in [-0.05, 0) is 22.2 Å². The first kappa shape index (κ1) is 14.7. The number of nitrogen functional groups attached to an aromatic ring is 1. The van der Waals surface area contributed by atoms with Crippen molar-refractivity contribution in [3.8, 4) is 0 Å². The van der Waals surface area contributed by atoms with Crippen molar-refractivity contribution in [2.75, 3.05) is 5.73 Å². The van der Waals surface area contributed by atoms with E-state index in [2.05, 4.69) is 39.3 Å². The monoisotopic (exact) mass is 287 g/mol. The van der Waals surface area contributed by atoms with Crippen LogP contribution in [0.15, 0.2) is 34.0 Å². The van der Waals surface area contributed by atoms with E-state index in [1.54, 1.807) is 6.21 Å². The predicted octanol–water partition coefficient (Wildman–Crippen LogP) is 1.47. The maximum absolute atomic E-state index is 11.6. The van der Waals surface area contributed by atoms with Crippen LogP contribution in [-0.4, -0.2) is 22.4 Å². The van der Waals surface area contributed by atoms with Gasteiger partial charge in [-0.15, -0.1) is 0 Å². The first-order valence-corrected chi connectivity index (χ1v) is 6.55. The average molecular weight is 287 g/mol. The van der Waals surface area contributed by atoms with Gasteiger partial charge in [-0.3, -0.25) is 4.79 Å². The summed E-state index contributed by atoms with van der Waals surface area (Å²) in [6, 6.07) is 7.97. The van der Waals surface area contributed by atoms with Gasteiger partial charge in [-0.2, -0.15) is 5.10 Å². The van der Waals surface area contributed by atoms with E-state index < -0.39 is 0 Å². The number of hydrazone groups is 1. The number of carbonyl (C=O) groups is 1. The van der Waals surface area contributed by atoms with Crippen molar-refractivity contribution in [3.05, 3.63) is 41.1 Å². The topological polar surface area (TPSA) is 106 Å². The lowest BCUT2D eigenvalue weighted by Gasteiger charge is -2.04. The smallest absolute Gasteiger partial charge is 0.246 e. The van der Waals surface area contributed by atoms with Gasteiger partial charge in [0, 0.05) is 0 Å². The Bertz CT molecular complexity index is 631. The number of rotatable bonds is 5. The van der Waals surface area contributed by atoms with E-state index in [0.717, 1.165) is 5.56 Å². The van der Waals surface area contributed by atoms with Crippen LogP contribution in [0, 0.1) is 0 Å². The number of amides is 1. The van der Waals surface area contributed by atoms with Crippen LogP contribution < -0.4 is 11.2 Å². The van der Waals surface area contributed by atoms with Crippen LogP contribution in [-0.2, 0) is 11.2 Å². The van der Waals surface area contributed by atoms with Gasteiger partial charge in [0.15, 0.2) is 5.82 Å². The normalized spacial score (nSPS) is 11.2. The number of benzene rings is 1. The summed E-state index contributed by atoms with van der Waals surface area (Å²) >= 11 is 0. The molecular formula is C14H17N5O2. The van der Waals surface area contributed by atoms with E-state index in [4.69, 9.17) is 5.73 Å². The Labute approximate surface area is 122 Å². The van der Waals surface area contributed by atoms with Gasteiger partial charge in [0.2, 0.25) is 5.91 Å². The van der Waals surface area contributed by atoms with Crippen molar-refractivity contribution < 1.29 is 9.42 Å². The number of nitrogens with zero attached hydrogens (tertiary/aromatic N) is 3. The summed E-state index contributed by atoms with van der Waals surface area (Å²) in [4.78, 5) is 11.6. The van der Waals surface area contributed by atoms with Crippen LogP contribution in [0.2, 0.25) is 0 Å². The lowest BCUT2D eigenvalue weighted by atomic mass is 10.0. The second kappa shape index (κ2) is 6.65. The van der Waals surface area contributed by atoms with Crippen LogP contribution in [0.4, 0.5) is 5.82 Å². The Balaban J connectivity index is 1.87. The van der Waals surface area contributed by atoms with Crippen molar-refractivity contribution in [1.29, 1.82) is 0 Å². The van der Waals surface area contributed by atoms with E-state index >= 15 is 0 Å². The first-order valence-electron chi connectivity index (χ1n) is 6.55. The number of anilines is 1. The molecule has 0 fully saturated rings. The third-order valence-corrected chi connectivity index (χ3v) is 2.92. The van der Waals surface area contributed by atoms with E-state index in [1.165, 1.54) is 5.56 Å². The van der Waals surface area contributed by atoms with Crippen LogP contribution in [0.1, 0.15) is 36.6 Å². The van der Waals surface area contributed by atoms with Gasteiger partial charge in [-0.1, -0.05) is 43.3 Å². The quantitative estimate of drug-likeness (QED) is 0.639. The Morgan fingerprint density at radius 3 is 2.67 bits per heavy atom. The molecule has 0 spiro atoms. The number of hydrogen-bond donors (Lipinski definition) is 2. The van der Waals surface area contributed by atoms with Crippen LogP contribution in [0.3, 0.4) is 0 Å². The van der Waals surface area contributed by atoms with Crippen LogP contribution >= 0.6 is 0 Å². The molecule has 0 bridgehead atoms. The minimum Gasteiger partial charge on any atom is -0.379 e. The highest BCUT2D eigenvalue weighted by atomic mass is 16.6. The maximum atomic E-state index is 11.6. The number of nitrogens with one attached hydrogen (secondary N) is 1. The third-order valence-electron chi connectivity index (χ3n) is 2.92. The second-order valence-corrected chi connectivity index (χ2v) is 4.89. The Morgan fingerprint density at radius 1 is 1.38 bits per heavy atom. The van der Waals surface area contributed by atoms with Crippen molar-refractivity contribution in [1.82, 2.24) is 15.7 Å². The van der Waals surface area contributed by atoms with Crippen molar-refractivity contribution >= 4 is 17.9 Å². The SMILES string of the molecule is CC(C)c1ccc(/C=N\NC(=O)Cc2nonc2N)cc1. The average Bonchev–Trinajstić information content (AvgIpc) is 2.85. The van der Waals surface area contributed by atoms with Crippen molar-refractivity contribution in [2.24, 2.45) is 5.10 Å². The zero-order chi connectivity index (χ0) is 15.2.